The van der Waals surface area contributed by atoms with Crippen molar-refractivity contribution in [2.24, 2.45) is 0 Å². The summed E-state index contributed by atoms with van der Waals surface area (Å²) in [5.74, 6) is -1.81. The smallest absolute Gasteiger partial charge is 0.331 e. The van der Waals surface area contributed by atoms with Gasteiger partial charge in [-0.3, -0.25) is 10.1 Å². The summed E-state index contributed by atoms with van der Waals surface area (Å²) in [6.45, 7) is 2.74. The van der Waals surface area contributed by atoms with Crippen molar-refractivity contribution < 1.29 is 19.5 Å². The lowest BCUT2D eigenvalue weighted by Gasteiger charge is -2.27. The van der Waals surface area contributed by atoms with E-state index in [9.17, 15) is 14.4 Å². The number of nitrogens with one attached hydrogen (secondary N) is 1. The predicted octanol–water partition coefficient (Wildman–Crippen LogP) is 2.30. The number of aliphatic carboxylic acids is 1. The highest BCUT2D eigenvalue weighted by Crippen LogP contribution is 2.21. The molecule has 0 saturated heterocycles. The van der Waals surface area contributed by atoms with Crippen LogP contribution in [0.1, 0.15) is 52.4 Å². The summed E-state index contributed by atoms with van der Waals surface area (Å²) < 4.78 is 0. The zero-order chi connectivity index (χ0) is 16.0. The lowest BCUT2D eigenvalue weighted by molar-refractivity contribution is -0.133. The zero-order valence-electron chi connectivity index (χ0n) is 12.9. The Balaban J connectivity index is 2.65. The van der Waals surface area contributed by atoms with Crippen LogP contribution in [0.2, 0.25) is 0 Å². The van der Waals surface area contributed by atoms with Crippen LogP contribution in [0.5, 0.6) is 0 Å². The van der Waals surface area contributed by atoms with Crippen molar-refractivity contribution in [3.8, 4) is 0 Å². The average Bonchev–Trinajstić information content (AvgIpc) is 2.73. The zero-order valence-corrected chi connectivity index (χ0v) is 12.9. The number of urea groups is 1. The molecule has 6 nitrogen and oxygen atoms in total. The normalized spacial score (nSPS) is 17.5. The van der Waals surface area contributed by atoms with Crippen LogP contribution in [-0.4, -0.2) is 41.0 Å². The number of carboxylic acid groups (broad SMARTS) is 1. The third-order valence-corrected chi connectivity index (χ3v) is 4.14. The van der Waals surface area contributed by atoms with Gasteiger partial charge in [-0.1, -0.05) is 25.7 Å². The number of carboxylic acids is 1. The van der Waals surface area contributed by atoms with Crippen LogP contribution in [0.4, 0.5) is 4.79 Å². The van der Waals surface area contributed by atoms with Crippen LogP contribution in [0.15, 0.2) is 11.1 Å². The van der Waals surface area contributed by atoms with Gasteiger partial charge in [-0.2, -0.15) is 0 Å². The Morgan fingerprint density at radius 1 is 1.00 bits per heavy atom. The number of imide groups is 1. The fourth-order valence-corrected chi connectivity index (χ4v) is 2.42. The van der Waals surface area contributed by atoms with Gasteiger partial charge < -0.3 is 10.0 Å². The number of carbonyl (C=O) groups is 3. The van der Waals surface area contributed by atoms with Gasteiger partial charge in [0.15, 0.2) is 0 Å². The lowest BCUT2D eigenvalue weighted by Crippen LogP contribution is -2.46. The van der Waals surface area contributed by atoms with Gasteiger partial charge in [-0.25, -0.2) is 9.59 Å². The maximum atomic E-state index is 12.1. The molecule has 0 aromatic heterocycles. The van der Waals surface area contributed by atoms with Crippen molar-refractivity contribution >= 4 is 17.9 Å². The SMILES string of the molecule is CC(C(=O)O)=C(C)C(=O)NC(=O)N(C)C1CCCCCC1. The number of carbonyl (C=O) groups excluding carboxylic acids is 2. The number of hydrogen-bond donors (Lipinski definition) is 2. The molecular formula is C15H24N2O4. The van der Waals surface area contributed by atoms with Gasteiger partial charge >= 0.3 is 12.0 Å². The highest BCUT2D eigenvalue weighted by Gasteiger charge is 2.23. The molecule has 1 aliphatic carbocycles. The molecule has 6 heteroatoms. The third kappa shape index (κ3) is 4.88. The summed E-state index contributed by atoms with van der Waals surface area (Å²) in [4.78, 5) is 36.3. The van der Waals surface area contributed by atoms with E-state index in [1.807, 2.05) is 0 Å². The number of hydrogen-bond acceptors (Lipinski definition) is 3. The van der Waals surface area contributed by atoms with Crippen molar-refractivity contribution in [3.05, 3.63) is 11.1 Å². The lowest BCUT2D eigenvalue weighted by atomic mass is 10.1. The fourth-order valence-electron chi connectivity index (χ4n) is 2.42. The van der Waals surface area contributed by atoms with E-state index in [2.05, 4.69) is 5.32 Å². The third-order valence-electron chi connectivity index (χ3n) is 4.14. The van der Waals surface area contributed by atoms with E-state index >= 15 is 0 Å². The van der Waals surface area contributed by atoms with E-state index in [1.165, 1.54) is 26.7 Å². The highest BCUT2D eigenvalue weighted by atomic mass is 16.4. The van der Waals surface area contributed by atoms with E-state index in [0.717, 1.165) is 25.7 Å². The average molecular weight is 296 g/mol. The van der Waals surface area contributed by atoms with Crippen LogP contribution in [0, 0.1) is 0 Å². The van der Waals surface area contributed by atoms with Crippen molar-refractivity contribution in [3.63, 3.8) is 0 Å². The van der Waals surface area contributed by atoms with Crippen molar-refractivity contribution in [2.45, 2.75) is 58.4 Å². The molecule has 0 aromatic rings. The number of amides is 3. The molecule has 3 amide bonds. The van der Waals surface area contributed by atoms with Crippen LogP contribution in [-0.2, 0) is 9.59 Å². The number of rotatable bonds is 3. The first-order valence-electron chi connectivity index (χ1n) is 7.33. The molecule has 1 fully saturated rings. The molecule has 1 saturated carbocycles. The molecule has 0 bridgehead atoms. The molecule has 0 aromatic carbocycles. The van der Waals surface area contributed by atoms with Gasteiger partial charge in [-0.05, 0) is 26.7 Å². The van der Waals surface area contributed by atoms with Gasteiger partial charge in [0.05, 0.1) is 0 Å². The Labute approximate surface area is 125 Å². The predicted molar refractivity (Wildman–Crippen MR) is 78.8 cm³/mol. The highest BCUT2D eigenvalue weighted by molar-refractivity contribution is 6.07. The largest absolute Gasteiger partial charge is 0.478 e. The fraction of sp³-hybridized carbons (Fsp3) is 0.667. The second-order valence-electron chi connectivity index (χ2n) is 5.57. The molecular weight excluding hydrogens is 272 g/mol. The van der Waals surface area contributed by atoms with E-state index in [4.69, 9.17) is 5.11 Å². The summed E-state index contributed by atoms with van der Waals surface area (Å²) in [5, 5.41) is 11.1. The molecule has 0 spiro atoms. The Bertz CT molecular complexity index is 449. The van der Waals surface area contributed by atoms with Gasteiger partial charge in [0.2, 0.25) is 0 Å². The molecule has 1 aliphatic rings. The maximum Gasteiger partial charge on any atom is 0.331 e. The van der Waals surface area contributed by atoms with Crippen LogP contribution < -0.4 is 5.32 Å². The van der Waals surface area contributed by atoms with Gasteiger partial charge in [0.1, 0.15) is 0 Å². The Morgan fingerprint density at radius 3 is 2.00 bits per heavy atom. The summed E-state index contributed by atoms with van der Waals surface area (Å²) in [6.07, 6.45) is 6.44. The Hall–Kier alpha value is -1.85. The first-order valence-corrected chi connectivity index (χ1v) is 7.33. The molecule has 21 heavy (non-hydrogen) atoms. The summed E-state index contributed by atoms with van der Waals surface area (Å²) in [5.41, 5.74) is -0.0115. The summed E-state index contributed by atoms with van der Waals surface area (Å²) in [6, 6.07) is -0.324. The molecule has 2 N–H and O–H groups in total. The summed E-state index contributed by atoms with van der Waals surface area (Å²) in [7, 11) is 1.68. The Kier molecular flexibility index (Phi) is 6.39. The standard InChI is InChI=1S/C15H24N2O4/c1-10(11(2)14(19)20)13(18)16-15(21)17(3)12-8-6-4-5-7-9-12/h12H,4-9H2,1-3H3,(H,19,20)(H,16,18,21). The first-order chi connectivity index (χ1) is 9.84. The molecule has 0 aliphatic heterocycles. The van der Waals surface area contributed by atoms with Gasteiger partial charge in [0.25, 0.3) is 5.91 Å². The maximum absolute atomic E-state index is 12.1. The van der Waals surface area contributed by atoms with Crippen molar-refractivity contribution in [1.82, 2.24) is 10.2 Å². The minimum atomic E-state index is -1.16. The molecule has 0 atom stereocenters. The summed E-state index contributed by atoms with van der Waals surface area (Å²) >= 11 is 0. The van der Waals surface area contributed by atoms with E-state index in [0.29, 0.717) is 0 Å². The van der Waals surface area contributed by atoms with Gasteiger partial charge in [-0.15, -0.1) is 0 Å². The first kappa shape index (κ1) is 17.2. The minimum absolute atomic E-state index is 0.0464. The Morgan fingerprint density at radius 2 is 1.52 bits per heavy atom. The van der Waals surface area contributed by atoms with E-state index in [1.54, 1.807) is 11.9 Å². The molecule has 0 heterocycles. The second kappa shape index (κ2) is 7.81. The van der Waals surface area contributed by atoms with Crippen molar-refractivity contribution in [2.75, 3.05) is 7.05 Å². The molecule has 0 unspecified atom stereocenters. The quantitative estimate of drug-likeness (QED) is 0.618. The minimum Gasteiger partial charge on any atom is -0.478 e. The second-order valence-corrected chi connectivity index (χ2v) is 5.57. The number of nitrogens with zero attached hydrogens (tertiary/aromatic N) is 1. The van der Waals surface area contributed by atoms with E-state index in [-0.39, 0.29) is 17.2 Å². The van der Waals surface area contributed by atoms with Crippen molar-refractivity contribution in [1.29, 1.82) is 0 Å². The van der Waals surface area contributed by atoms with Crippen LogP contribution in [0.25, 0.3) is 0 Å². The van der Waals surface area contributed by atoms with Crippen LogP contribution >= 0.6 is 0 Å². The molecule has 1 rings (SSSR count). The molecule has 0 radical (unpaired) electrons. The monoisotopic (exact) mass is 296 g/mol. The van der Waals surface area contributed by atoms with Crippen LogP contribution in [0.3, 0.4) is 0 Å². The van der Waals surface area contributed by atoms with E-state index < -0.39 is 17.9 Å². The topological polar surface area (TPSA) is 86.7 Å². The molecule has 118 valence electrons. The van der Waals surface area contributed by atoms with Gasteiger partial charge in [0, 0.05) is 24.2 Å².